The lowest BCUT2D eigenvalue weighted by Gasteiger charge is -2.42. The zero-order valence-corrected chi connectivity index (χ0v) is 21.7. The van der Waals surface area contributed by atoms with E-state index in [4.69, 9.17) is 20.9 Å². The van der Waals surface area contributed by atoms with Gasteiger partial charge in [0, 0.05) is 49.3 Å². The van der Waals surface area contributed by atoms with Crippen molar-refractivity contribution in [2.24, 2.45) is 0 Å². The summed E-state index contributed by atoms with van der Waals surface area (Å²) in [4.78, 5) is 28.5. The summed E-state index contributed by atoms with van der Waals surface area (Å²) in [5.74, 6) is 1.57. The van der Waals surface area contributed by atoms with Crippen molar-refractivity contribution in [1.29, 1.82) is 0 Å². The average molecular weight is 547 g/mol. The van der Waals surface area contributed by atoms with Gasteiger partial charge in [0.05, 0.1) is 12.3 Å². The van der Waals surface area contributed by atoms with Gasteiger partial charge >= 0.3 is 10.6 Å². The van der Waals surface area contributed by atoms with Gasteiger partial charge in [-0.05, 0) is 49.6 Å². The zero-order chi connectivity index (χ0) is 26.4. The third-order valence-corrected chi connectivity index (χ3v) is 8.86. The normalized spacial score (nSPS) is 15.1. The Labute approximate surface area is 220 Å². The summed E-state index contributed by atoms with van der Waals surface area (Å²) in [5.41, 5.74) is 2.08. The van der Waals surface area contributed by atoms with Crippen molar-refractivity contribution in [2.45, 2.75) is 32.6 Å². The maximum atomic E-state index is 12.3. The quantitative estimate of drug-likeness (QED) is 0.207. The molecule has 3 aromatic rings. The van der Waals surface area contributed by atoms with Crippen LogP contribution in [0.15, 0.2) is 65.6 Å². The van der Waals surface area contributed by atoms with Crippen LogP contribution in [0.3, 0.4) is 0 Å². The molecule has 0 aliphatic carbocycles. The summed E-state index contributed by atoms with van der Waals surface area (Å²) >= 11 is 5.95. The van der Waals surface area contributed by atoms with E-state index in [1.807, 2.05) is 37.3 Å². The number of nitrogens with zero attached hydrogens (tertiary/aromatic N) is 4. The van der Waals surface area contributed by atoms with E-state index in [1.54, 1.807) is 0 Å². The number of pyridine rings is 1. The van der Waals surface area contributed by atoms with Gasteiger partial charge < -0.3 is 23.8 Å². The molecule has 0 spiro atoms. The molecule has 1 aliphatic rings. The molecule has 1 aromatic carbocycles. The summed E-state index contributed by atoms with van der Waals surface area (Å²) in [6.45, 7) is 2.76. The maximum Gasteiger partial charge on any atom is 0.393 e. The van der Waals surface area contributed by atoms with Crippen LogP contribution >= 0.6 is 22.0 Å². The number of anilines is 1. The first-order valence-electron chi connectivity index (χ1n) is 11.7. The molecule has 0 radical (unpaired) electrons. The number of carboxylic acid groups (broad SMARTS) is 2. The molecular weight excluding hydrogens is 520 g/mol. The lowest BCUT2D eigenvalue weighted by molar-refractivity contribution is 0.213. The van der Waals surface area contributed by atoms with Gasteiger partial charge in [0.25, 0.3) is 0 Å². The predicted octanol–water partition coefficient (Wildman–Crippen LogP) is 6.79. The lowest BCUT2D eigenvalue weighted by Crippen LogP contribution is -2.39. The highest BCUT2D eigenvalue weighted by Crippen LogP contribution is 2.61. The van der Waals surface area contributed by atoms with Crippen LogP contribution in [0.2, 0.25) is 5.15 Å². The second kappa shape index (κ2) is 11.6. The third-order valence-electron chi connectivity index (χ3n) is 5.79. The molecule has 0 atom stereocenters. The second-order valence-corrected chi connectivity index (χ2v) is 11.2. The molecule has 0 amide bonds. The Kier molecular flexibility index (Phi) is 8.24. The van der Waals surface area contributed by atoms with Gasteiger partial charge in [-0.2, -0.15) is 0 Å². The van der Waals surface area contributed by atoms with Crippen molar-refractivity contribution in [3.8, 4) is 17.0 Å². The van der Waals surface area contributed by atoms with Gasteiger partial charge in [0.2, 0.25) is 0 Å². The molecule has 0 saturated heterocycles. The fourth-order valence-corrected chi connectivity index (χ4v) is 6.47. The number of hydrogen-bond donors (Lipinski definition) is 2. The number of unbranched alkanes of at least 4 members (excludes halogenated alkanes) is 2. The summed E-state index contributed by atoms with van der Waals surface area (Å²) in [7, 11) is -3.45. The van der Waals surface area contributed by atoms with Crippen molar-refractivity contribution >= 4 is 38.3 Å². The molecule has 0 fully saturated rings. The number of benzene rings is 1. The van der Waals surface area contributed by atoms with E-state index in [9.17, 15) is 19.8 Å². The second-order valence-electron chi connectivity index (χ2n) is 8.15. The van der Waals surface area contributed by atoms with Crippen molar-refractivity contribution in [2.75, 3.05) is 17.5 Å². The minimum Gasteiger partial charge on any atom is -0.494 e. The molecule has 3 heterocycles. The number of carbonyl (C=O) groups is 2. The van der Waals surface area contributed by atoms with Crippen LogP contribution in [-0.2, 0) is 6.42 Å². The summed E-state index contributed by atoms with van der Waals surface area (Å²) in [6, 6.07) is 12.5. The van der Waals surface area contributed by atoms with E-state index in [0.717, 1.165) is 42.0 Å². The van der Waals surface area contributed by atoms with E-state index in [0.29, 0.717) is 18.7 Å². The van der Waals surface area contributed by atoms with Crippen LogP contribution in [-0.4, -0.2) is 48.4 Å². The molecule has 4 rings (SSSR count). The molecule has 2 N–H and O–H groups in total. The van der Waals surface area contributed by atoms with Crippen LogP contribution in [0.25, 0.3) is 11.3 Å². The van der Waals surface area contributed by atoms with E-state index in [1.165, 1.54) is 39.3 Å². The highest BCUT2D eigenvalue weighted by Gasteiger charge is 2.53. The smallest absolute Gasteiger partial charge is 0.393 e. The number of ether oxygens (including phenoxy) is 1. The van der Waals surface area contributed by atoms with Crippen molar-refractivity contribution in [3.63, 3.8) is 0 Å². The zero-order valence-electron chi connectivity index (χ0n) is 20.1. The van der Waals surface area contributed by atoms with Crippen LogP contribution < -0.4 is 9.04 Å². The minimum atomic E-state index is -3.45. The molecule has 196 valence electrons. The van der Waals surface area contributed by atoms with Crippen molar-refractivity contribution < 1.29 is 29.1 Å². The van der Waals surface area contributed by atoms with Crippen LogP contribution in [0.1, 0.15) is 31.9 Å². The highest BCUT2D eigenvalue weighted by molar-refractivity contribution is 8.54. The molecular formula is C25H27ClN4O6S. The summed E-state index contributed by atoms with van der Waals surface area (Å²) in [6.07, 6.45) is 7.24. The molecule has 0 unspecified atom stereocenters. The standard InChI is InChI=1S/C25H27ClN4O6S/c1-2-20-17-22(28-36-20)18-6-8-21(9-7-18)35-15-5-3-4-12-29-13-14-30(19-10-11-27-23(26)16-19)37(29,24(31)32)25(33)34/h6-11,13-14,16-17H,2-5,12,15H2,1H3,(H,31,32)(H,33,34). The van der Waals surface area contributed by atoms with Crippen molar-refractivity contribution in [3.05, 3.63) is 72.0 Å². The fraction of sp³-hybridized carbons (Fsp3) is 0.280. The Bertz CT molecular complexity index is 1270. The maximum absolute atomic E-state index is 12.3. The summed E-state index contributed by atoms with van der Waals surface area (Å²) in [5, 5.41) is 21.4. The van der Waals surface area contributed by atoms with Gasteiger partial charge in [-0.15, -0.1) is 0 Å². The third kappa shape index (κ3) is 5.52. The topological polar surface area (TPSA) is 129 Å². The van der Waals surface area contributed by atoms with Crippen LogP contribution in [0.4, 0.5) is 15.3 Å². The predicted molar refractivity (Wildman–Crippen MR) is 142 cm³/mol. The first kappa shape index (κ1) is 26.4. The molecule has 2 aromatic heterocycles. The van der Waals surface area contributed by atoms with Gasteiger partial charge in [-0.25, -0.2) is 14.6 Å². The summed E-state index contributed by atoms with van der Waals surface area (Å²) < 4.78 is 13.7. The lowest BCUT2D eigenvalue weighted by atomic mass is 10.1. The first-order chi connectivity index (χ1) is 17.9. The number of aromatic nitrogens is 2. The largest absolute Gasteiger partial charge is 0.494 e. The molecule has 37 heavy (non-hydrogen) atoms. The monoisotopic (exact) mass is 546 g/mol. The average Bonchev–Trinajstić information content (AvgIpc) is 3.52. The molecule has 1 aliphatic heterocycles. The first-order valence-corrected chi connectivity index (χ1v) is 13.6. The van der Waals surface area contributed by atoms with Crippen LogP contribution in [0, 0.1) is 0 Å². The minimum absolute atomic E-state index is 0.145. The van der Waals surface area contributed by atoms with Crippen LogP contribution in [0.5, 0.6) is 5.75 Å². The Hall–Kier alpha value is -3.70. The van der Waals surface area contributed by atoms with Gasteiger partial charge in [0.15, 0.2) is 0 Å². The van der Waals surface area contributed by atoms with Crippen molar-refractivity contribution in [1.82, 2.24) is 14.4 Å². The number of halogens is 1. The molecule has 12 heteroatoms. The number of aryl methyl sites for hydroxylation is 1. The van der Waals surface area contributed by atoms with Gasteiger partial charge in [0.1, 0.15) is 32.8 Å². The van der Waals surface area contributed by atoms with Gasteiger partial charge in [-0.3, -0.25) is 4.31 Å². The SMILES string of the molecule is CCc1cc(-c2ccc(OCCCCCN3C=CN(c4ccnc(Cl)c4)S3(C(=O)O)C(=O)O)cc2)no1. The number of rotatable bonds is 10. The Balaban J connectivity index is 1.29. The fourth-order valence-electron chi connectivity index (χ4n) is 3.92. The van der Waals surface area contributed by atoms with E-state index < -0.39 is 21.0 Å². The van der Waals surface area contributed by atoms with E-state index in [-0.39, 0.29) is 11.7 Å². The van der Waals surface area contributed by atoms with E-state index in [2.05, 4.69) is 10.1 Å². The Morgan fingerprint density at radius 3 is 2.46 bits per heavy atom. The highest BCUT2D eigenvalue weighted by atomic mass is 35.5. The molecule has 0 saturated carbocycles. The Morgan fingerprint density at radius 1 is 1.05 bits per heavy atom. The Morgan fingerprint density at radius 2 is 1.81 bits per heavy atom. The number of hydrogen-bond acceptors (Lipinski definition) is 8. The van der Waals surface area contributed by atoms with Gasteiger partial charge in [-0.1, -0.05) is 23.7 Å². The van der Waals surface area contributed by atoms with E-state index >= 15 is 0 Å². The molecule has 0 bridgehead atoms. The molecule has 10 nitrogen and oxygen atoms in total.